The van der Waals surface area contributed by atoms with Crippen LogP contribution in [-0.2, 0) is 19.5 Å². The number of tetrazole rings is 1. The summed E-state index contributed by atoms with van der Waals surface area (Å²) >= 11 is 0. The van der Waals surface area contributed by atoms with Crippen molar-refractivity contribution >= 4 is 0 Å². The van der Waals surface area contributed by atoms with E-state index >= 15 is 0 Å². The maximum atomic E-state index is 13.5. The van der Waals surface area contributed by atoms with Crippen molar-refractivity contribution < 1.29 is 0 Å². The molecule has 35 heavy (non-hydrogen) atoms. The number of nitrogens with zero attached hydrogens (tertiary/aromatic N) is 8. The molecule has 0 aliphatic rings. The van der Waals surface area contributed by atoms with Gasteiger partial charge in [0.05, 0.1) is 18.4 Å². The van der Waals surface area contributed by atoms with Gasteiger partial charge in [-0.15, -0.1) is 10.2 Å². The third kappa shape index (κ3) is 4.54. The number of nitrogens with one attached hydrogen (secondary N) is 1. The smallest absolute Gasteiger partial charge is 0.290 e. The molecule has 4 aromatic heterocycles. The van der Waals surface area contributed by atoms with Crippen LogP contribution in [0.2, 0.25) is 0 Å². The van der Waals surface area contributed by atoms with Gasteiger partial charge in [0, 0.05) is 36.3 Å². The minimum Gasteiger partial charge on any atom is -0.290 e. The summed E-state index contributed by atoms with van der Waals surface area (Å²) in [6.07, 6.45) is 8.34. The van der Waals surface area contributed by atoms with Gasteiger partial charge in [0.1, 0.15) is 5.82 Å². The van der Waals surface area contributed by atoms with Crippen molar-refractivity contribution in [2.24, 2.45) is 0 Å². The van der Waals surface area contributed by atoms with E-state index in [2.05, 4.69) is 37.6 Å². The zero-order valence-corrected chi connectivity index (χ0v) is 19.8. The number of aromatic nitrogens is 9. The van der Waals surface area contributed by atoms with Crippen molar-refractivity contribution in [3.63, 3.8) is 0 Å². The molecular formula is C25H27N9O. The van der Waals surface area contributed by atoms with Crippen molar-refractivity contribution in [3.05, 3.63) is 82.9 Å². The van der Waals surface area contributed by atoms with E-state index in [1.54, 1.807) is 17.0 Å². The molecule has 0 spiro atoms. The van der Waals surface area contributed by atoms with Gasteiger partial charge in [0.25, 0.3) is 0 Å². The second-order valence-electron chi connectivity index (χ2n) is 8.32. The van der Waals surface area contributed by atoms with Crippen LogP contribution in [0.15, 0.2) is 65.8 Å². The topological polar surface area (TPSA) is 112 Å². The van der Waals surface area contributed by atoms with Crippen LogP contribution >= 0.6 is 0 Å². The van der Waals surface area contributed by atoms with E-state index in [9.17, 15) is 4.79 Å². The molecule has 4 heterocycles. The van der Waals surface area contributed by atoms with Crippen LogP contribution in [0, 0.1) is 0 Å². The van der Waals surface area contributed by atoms with E-state index in [1.165, 1.54) is 0 Å². The van der Waals surface area contributed by atoms with Crippen molar-refractivity contribution in [1.82, 2.24) is 44.5 Å². The molecular weight excluding hydrogens is 442 g/mol. The van der Waals surface area contributed by atoms with E-state index in [4.69, 9.17) is 0 Å². The Morgan fingerprint density at radius 3 is 2.66 bits per heavy atom. The molecule has 5 aromatic rings. The highest BCUT2D eigenvalue weighted by Crippen LogP contribution is 2.24. The van der Waals surface area contributed by atoms with Crippen LogP contribution in [0.1, 0.15) is 38.1 Å². The van der Waals surface area contributed by atoms with Gasteiger partial charge < -0.3 is 0 Å². The van der Waals surface area contributed by atoms with E-state index in [0.717, 1.165) is 53.2 Å². The Balaban J connectivity index is 1.49. The lowest BCUT2D eigenvalue weighted by Crippen LogP contribution is -2.26. The van der Waals surface area contributed by atoms with Crippen LogP contribution < -0.4 is 5.69 Å². The van der Waals surface area contributed by atoms with E-state index in [-0.39, 0.29) is 5.69 Å². The van der Waals surface area contributed by atoms with Gasteiger partial charge in [-0.2, -0.15) is 10.3 Å². The lowest BCUT2D eigenvalue weighted by molar-refractivity contribution is 0.623. The Hall–Kier alpha value is -4.34. The quantitative estimate of drug-likeness (QED) is 0.354. The van der Waals surface area contributed by atoms with E-state index in [0.29, 0.717) is 18.9 Å². The average molecular weight is 470 g/mol. The van der Waals surface area contributed by atoms with Gasteiger partial charge >= 0.3 is 5.69 Å². The molecule has 178 valence electrons. The molecule has 0 atom stereocenters. The number of aromatic amines is 1. The first kappa shape index (κ1) is 22.5. The van der Waals surface area contributed by atoms with Crippen molar-refractivity contribution in [2.75, 3.05) is 0 Å². The summed E-state index contributed by atoms with van der Waals surface area (Å²) < 4.78 is 5.34. The average Bonchev–Trinajstić information content (AvgIpc) is 3.65. The second kappa shape index (κ2) is 9.88. The number of unbranched alkanes of at least 4 members (excludes halogenated alkanes) is 1. The Morgan fingerprint density at radius 2 is 1.86 bits per heavy atom. The summed E-state index contributed by atoms with van der Waals surface area (Å²) in [5, 5.41) is 18.6. The molecule has 5 rings (SSSR count). The summed E-state index contributed by atoms with van der Waals surface area (Å²) in [5.74, 6) is 1.31. The fourth-order valence-electron chi connectivity index (χ4n) is 4.22. The second-order valence-corrected chi connectivity index (χ2v) is 8.32. The van der Waals surface area contributed by atoms with Crippen molar-refractivity contribution in [1.29, 1.82) is 0 Å². The fraction of sp³-hybridized carbons (Fsp3) is 0.280. The Kier molecular flexibility index (Phi) is 6.34. The number of pyridine rings is 1. The van der Waals surface area contributed by atoms with Gasteiger partial charge in [-0.1, -0.05) is 31.5 Å². The fourth-order valence-corrected chi connectivity index (χ4v) is 4.22. The van der Waals surface area contributed by atoms with Gasteiger partial charge in [-0.05, 0) is 54.3 Å². The number of hydrogen-bond acceptors (Lipinski definition) is 6. The van der Waals surface area contributed by atoms with Crippen LogP contribution in [0.5, 0.6) is 0 Å². The first-order valence-corrected chi connectivity index (χ1v) is 11.8. The zero-order valence-electron chi connectivity index (χ0n) is 19.8. The Bertz CT molecular complexity index is 1480. The summed E-state index contributed by atoms with van der Waals surface area (Å²) in [6.45, 7) is 5.25. The van der Waals surface area contributed by atoms with Gasteiger partial charge in [-0.3, -0.25) is 14.1 Å². The lowest BCUT2D eigenvalue weighted by Gasteiger charge is -2.09. The summed E-state index contributed by atoms with van der Waals surface area (Å²) in [6, 6.07) is 13.8. The van der Waals surface area contributed by atoms with Gasteiger partial charge in [0.15, 0.2) is 0 Å². The first-order chi connectivity index (χ1) is 17.2. The van der Waals surface area contributed by atoms with Crippen molar-refractivity contribution in [2.45, 2.75) is 46.2 Å². The maximum Gasteiger partial charge on any atom is 0.334 e. The molecule has 0 bridgehead atoms. The molecule has 10 heteroatoms. The number of aryl methyl sites for hydroxylation is 2. The van der Waals surface area contributed by atoms with E-state index in [1.807, 2.05) is 64.8 Å². The highest BCUT2D eigenvalue weighted by molar-refractivity contribution is 5.70. The lowest BCUT2D eigenvalue weighted by atomic mass is 10.0. The standard InChI is InChI=1S/C25H27N9O/c1-3-5-9-22-17-33(23-11-13-27-34(23)4-2)25(35)32(22)16-21-15-19(10-12-26-21)18-7-6-8-20(14-18)24-28-30-31-29-24/h6-8,10-15,17H,3-5,9,16H2,1-2H3,(H,28,29,30,31). The number of benzene rings is 1. The molecule has 10 nitrogen and oxygen atoms in total. The number of H-pyrrole nitrogens is 1. The number of imidazole rings is 1. The summed E-state index contributed by atoms with van der Waals surface area (Å²) in [5.41, 5.74) is 4.61. The Morgan fingerprint density at radius 1 is 1.00 bits per heavy atom. The normalized spacial score (nSPS) is 11.3. The minimum absolute atomic E-state index is 0.0855. The third-order valence-corrected chi connectivity index (χ3v) is 6.02. The predicted molar refractivity (Wildman–Crippen MR) is 132 cm³/mol. The largest absolute Gasteiger partial charge is 0.334 e. The summed E-state index contributed by atoms with van der Waals surface area (Å²) in [7, 11) is 0. The minimum atomic E-state index is -0.0855. The number of hydrogen-bond donors (Lipinski definition) is 1. The molecule has 0 fully saturated rings. The van der Waals surface area contributed by atoms with Crippen LogP contribution in [0.3, 0.4) is 0 Å². The van der Waals surface area contributed by atoms with Crippen molar-refractivity contribution in [3.8, 4) is 28.3 Å². The Labute approximate surface area is 202 Å². The molecule has 0 aliphatic heterocycles. The molecule has 1 N–H and O–H groups in total. The molecule has 0 amide bonds. The highest BCUT2D eigenvalue weighted by atomic mass is 16.1. The molecule has 0 unspecified atom stereocenters. The zero-order chi connectivity index (χ0) is 24.2. The van der Waals surface area contributed by atoms with Crippen LogP contribution in [0.4, 0.5) is 0 Å². The molecule has 1 aromatic carbocycles. The van der Waals surface area contributed by atoms with E-state index < -0.39 is 0 Å². The predicted octanol–water partition coefficient (Wildman–Crippen LogP) is 3.49. The first-order valence-electron chi connectivity index (χ1n) is 11.8. The maximum absolute atomic E-state index is 13.5. The van der Waals surface area contributed by atoms with Crippen LogP contribution in [0.25, 0.3) is 28.3 Å². The van der Waals surface area contributed by atoms with Gasteiger partial charge in [-0.25, -0.2) is 9.48 Å². The third-order valence-electron chi connectivity index (χ3n) is 6.02. The summed E-state index contributed by atoms with van der Waals surface area (Å²) in [4.78, 5) is 18.1. The molecule has 0 saturated heterocycles. The van der Waals surface area contributed by atoms with Crippen LogP contribution in [-0.4, -0.2) is 44.5 Å². The SMILES string of the molecule is CCCCc1cn(-c2ccnn2CC)c(=O)n1Cc1cc(-c2cccc(-c3nn[nH]n3)c2)ccn1. The van der Waals surface area contributed by atoms with Gasteiger partial charge in [0.2, 0.25) is 5.82 Å². The molecule has 0 saturated carbocycles. The molecule has 0 radical (unpaired) electrons. The molecule has 0 aliphatic carbocycles. The highest BCUT2D eigenvalue weighted by Gasteiger charge is 2.16. The number of rotatable bonds is 9. The monoisotopic (exact) mass is 469 g/mol.